The van der Waals surface area contributed by atoms with Gasteiger partial charge in [-0.25, -0.2) is 4.72 Å². The highest BCUT2D eigenvalue weighted by molar-refractivity contribution is 7.87. The van der Waals surface area contributed by atoms with Crippen LogP contribution in [0.3, 0.4) is 0 Å². The Morgan fingerprint density at radius 1 is 1.33 bits per heavy atom. The van der Waals surface area contributed by atoms with Gasteiger partial charge in [0.25, 0.3) is 10.2 Å². The van der Waals surface area contributed by atoms with Crippen LogP contribution in [0.1, 0.15) is 39.5 Å². The van der Waals surface area contributed by atoms with E-state index in [2.05, 4.69) is 10.0 Å². The van der Waals surface area contributed by atoms with Crippen molar-refractivity contribution in [3.05, 3.63) is 0 Å². The summed E-state index contributed by atoms with van der Waals surface area (Å²) in [5.41, 5.74) is 0. The van der Waals surface area contributed by atoms with Crippen LogP contribution >= 0.6 is 0 Å². The van der Waals surface area contributed by atoms with Crippen LogP contribution in [-0.4, -0.2) is 45.4 Å². The molecule has 1 fully saturated rings. The Bertz CT molecular complexity index is 330. The van der Waals surface area contributed by atoms with Gasteiger partial charge in [0.1, 0.15) is 0 Å². The van der Waals surface area contributed by atoms with E-state index >= 15 is 0 Å². The van der Waals surface area contributed by atoms with E-state index in [9.17, 15) is 8.42 Å². The molecule has 0 amide bonds. The molecule has 1 aliphatic rings. The Kier molecular flexibility index (Phi) is 6.55. The lowest BCUT2D eigenvalue weighted by Crippen LogP contribution is -2.50. The van der Waals surface area contributed by atoms with E-state index in [1.165, 1.54) is 0 Å². The Labute approximate surface area is 112 Å². The van der Waals surface area contributed by atoms with Crippen LogP contribution in [0.15, 0.2) is 0 Å². The molecule has 108 valence electrons. The predicted octanol–water partition coefficient (Wildman–Crippen LogP) is 0.941. The fourth-order valence-corrected chi connectivity index (χ4v) is 3.93. The lowest BCUT2D eigenvalue weighted by molar-refractivity contribution is 0.237. The summed E-state index contributed by atoms with van der Waals surface area (Å²) in [5.74, 6) is 0.334. The maximum Gasteiger partial charge on any atom is 0.279 e. The molecule has 1 unspecified atom stereocenters. The van der Waals surface area contributed by atoms with E-state index in [1.54, 1.807) is 4.31 Å². The Hall–Kier alpha value is -0.170. The van der Waals surface area contributed by atoms with Crippen LogP contribution in [0.25, 0.3) is 0 Å². The molecule has 0 aromatic heterocycles. The molecule has 0 aliphatic carbocycles. The standard InChI is InChI=1S/C12H27N3O2S/c1-11(2)10-14-18(16,17)15-9-5-4-6-12(15)7-8-13-3/h11-14H,4-10H2,1-3H3. The van der Waals surface area contributed by atoms with E-state index < -0.39 is 10.2 Å². The molecule has 5 nitrogen and oxygen atoms in total. The fourth-order valence-electron chi connectivity index (χ4n) is 2.24. The Morgan fingerprint density at radius 3 is 2.67 bits per heavy atom. The summed E-state index contributed by atoms with van der Waals surface area (Å²) >= 11 is 0. The quantitative estimate of drug-likeness (QED) is 0.728. The van der Waals surface area contributed by atoms with Gasteiger partial charge >= 0.3 is 0 Å². The van der Waals surface area contributed by atoms with Crippen molar-refractivity contribution < 1.29 is 8.42 Å². The second-order valence-corrected chi connectivity index (χ2v) is 7.11. The van der Waals surface area contributed by atoms with E-state index in [0.29, 0.717) is 19.0 Å². The molecule has 18 heavy (non-hydrogen) atoms. The van der Waals surface area contributed by atoms with Crippen LogP contribution in [0, 0.1) is 5.92 Å². The van der Waals surface area contributed by atoms with E-state index in [1.807, 2.05) is 20.9 Å². The molecule has 1 heterocycles. The zero-order valence-corrected chi connectivity index (χ0v) is 12.6. The summed E-state index contributed by atoms with van der Waals surface area (Å²) in [6.07, 6.45) is 3.96. The molecule has 0 aromatic carbocycles. The molecular weight excluding hydrogens is 250 g/mol. The largest absolute Gasteiger partial charge is 0.320 e. The molecule has 1 atom stereocenters. The Balaban J connectivity index is 2.63. The summed E-state index contributed by atoms with van der Waals surface area (Å²) < 4.78 is 28.9. The minimum atomic E-state index is -3.30. The minimum Gasteiger partial charge on any atom is -0.320 e. The molecule has 6 heteroatoms. The SMILES string of the molecule is CNCCC1CCCCN1S(=O)(=O)NCC(C)C. The molecular formula is C12H27N3O2S. The van der Waals surface area contributed by atoms with Gasteiger partial charge in [-0.15, -0.1) is 0 Å². The third kappa shape index (κ3) is 4.84. The van der Waals surface area contributed by atoms with Crippen molar-refractivity contribution in [2.45, 2.75) is 45.6 Å². The van der Waals surface area contributed by atoms with Gasteiger partial charge < -0.3 is 5.32 Å². The summed E-state index contributed by atoms with van der Waals surface area (Å²) in [6, 6.07) is 0.149. The van der Waals surface area contributed by atoms with Gasteiger partial charge in [-0.3, -0.25) is 0 Å². The zero-order valence-electron chi connectivity index (χ0n) is 11.8. The van der Waals surface area contributed by atoms with Gasteiger partial charge in [0.15, 0.2) is 0 Å². The zero-order chi connectivity index (χ0) is 13.6. The third-order valence-electron chi connectivity index (χ3n) is 3.28. The van der Waals surface area contributed by atoms with Gasteiger partial charge in [-0.05, 0) is 38.8 Å². The van der Waals surface area contributed by atoms with E-state index in [0.717, 1.165) is 32.2 Å². The minimum absolute atomic E-state index is 0.149. The van der Waals surface area contributed by atoms with Crippen LogP contribution in [-0.2, 0) is 10.2 Å². The third-order valence-corrected chi connectivity index (χ3v) is 4.91. The van der Waals surface area contributed by atoms with Crippen LogP contribution < -0.4 is 10.0 Å². The molecule has 0 spiro atoms. The molecule has 1 aliphatic heterocycles. The monoisotopic (exact) mass is 277 g/mol. The second kappa shape index (κ2) is 7.43. The Morgan fingerprint density at radius 2 is 2.06 bits per heavy atom. The van der Waals surface area contributed by atoms with Crippen molar-refractivity contribution in [1.82, 2.24) is 14.3 Å². The number of hydrogen-bond donors (Lipinski definition) is 2. The van der Waals surface area contributed by atoms with Crippen molar-refractivity contribution in [3.8, 4) is 0 Å². The van der Waals surface area contributed by atoms with E-state index in [-0.39, 0.29) is 6.04 Å². The van der Waals surface area contributed by atoms with Gasteiger partial charge in [-0.2, -0.15) is 12.7 Å². The normalized spacial score (nSPS) is 22.6. The maximum absolute atomic E-state index is 12.3. The summed E-state index contributed by atoms with van der Waals surface area (Å²) in [7, 11) is -1.40. The summed E-state index contributed by atoms with van der Waals surface area (Å²) in [4.78, 5) is 0. The van der Waals surface area contributed by atoms with Crippen molar-refractivity contribution in [2.75, 3.05) is 26.7 Å². The first-order chi connectivity index (χ1) is 8.47. The van der Waals surface area contributed by atoms with Gasteiger partial charge in [0.05, 0.1) is 0 Å². The fraction of sp³-hybridized carbons (Fsp3) is 1.00. The highest BCUT2D eigenvalue weighted by Crippen LogP contribution is 2.21. The van der Waals surface area contributed by atoms with Gasteiger partial charge in [0.2, 0.25) is 0 Å². The van der Waals surface area contributed by atoms with Crippen molar-refractivity contribution in [1.29, 1.82) is 0 Å². The molecule has 0 bridgehead atoms. The number of nitrogens with zero attached hydrogens (tertiary/aromatic N) is 1. The molecule has 0 aromatic rings. The first-order valence-electron chi connectivity index (χ1n) is 6.88. The average molecular weight is 277 g/mol. The predicted molar refractivity (Wildman–Crippen MR) is 74.6 cm³/mol. The number of hydrogen-bond acceptors (Lipinski definition) is 3. The summed E-state index contributed by atoms with van der Waals surface area (Å²) in [6.45, 7) is 6.05. The van der Waals surface area contributed by atoms with Crippen LogP contribution in [0.4, 0.5) is 0 Å². The first kappa shape index (κ1) is 15.9. The topological polar surface area (TPSA) is 61.4 Å². The molecule has 1 rings (SSSR count). The summed E-state index contributed by atoms with van der Waals surface area (Å²) in [5, 5.41) is 3.10. The number of piperidine rings is 1. The number of nitrogens with one attached hydrogen (secondary N) is 2. The van der Waals surface area contributed by atoms with E-state index in [4.69, 9.17) is 0 Å². The molecule has 2 N–H and O–H groups in total. The average Bonchev–Trinajstić information content (AvgIpc) is 2.34. The molecule has 1 saturated heterocycles. The van der Waals surface area contributed by atoms with Gasteiger partial charge in [-0.1, -0.05) is 20.3 Å². The van der Waals surface area contributed by atoms with Crippen LogP contribution in [0.5, 0.6) is 0 Å². The molecule has 0 saturated carbocycles. The van der Waals surface area contributed by atoms with Gasteiger partial charge in [0, 0.05) is 19.1 Å². The molecule has 0 radical (unpaired) electrons. The first-order valence-corrected chi connectivity index (χ1v) is 8.32. The lowest BCUT2D eigenvalue weighted by Gasteiger charge is -2.34. The van der Waals surface area contributed by atoms with Crippen molar-refractivity contribution in [3.63, 3.8) is 0 Å². The van der Waals surface area contributed by atoms with Crippen molar-refractivity contribution in [2.24, 2.45) is 5.92 Å². The number of rotatable bonds is 7. The highest BCUT2D eigenvalue weighted by atomic mass is 32.2. The lowest BCUT2D eigenvalue weighted by atomic mass is 10.0. The maximum atomic E-state index is 12.3. The smallest absolute Gasteiger partial charge is 0.279 e. The highest BCUT2D eigenvalue weighted by Gasteiger charge is 2.31. The van der Waals surface area contributed by atoms with Crippen LogP contribution in [0.2, 0.25) is 0 Å². The van der Waals surface area contributed by atoms with Crippen molar-refractivity contribution >= 4 is 10.2 Å². The second-order valence-electron chi connectivity index (χ2n) is 5.40.